The van der Waals surface area contributed by atoms with Gasteiger partial charge in [-0.15, -0.1) is 0 Å². The van der Waals surface area contributed by atoms with Crippen molar-refractivity contribution in [2.45, 2.75) is 37.4 Å². The summed E-state index contributed by atoms with van der Waals surface area (Å²) >= 11 is 0. The molecular weight excluding hydrogens is 440 g/mol. The molecule has 11 heteroatoms. The second kappa shape index (κ2) is 9.23. The fourth-order valence-electron chi connectivity index (χ4n) is 3.76. The Hall–Kier alpha value is -3.02. The van der Waals surface area contributed by atoms with Crippen molar-refractivity contribution >= 4 is 21.7 Å². The average molecular weight is 462 g/mol. The molecule has 1 saturated heterocycles. The summed E-state index contributed by atoms with van der Waals surface area (Å²) in [4.78, 5) is 23.3. The Morgan fingerprint density at radius 3 is 2.69 bits per heavy atom. The van der Waals surface area contributed by atoms with Crippen LogP contribution in [0.5, 0.6) is 5.75 Å². The molecule has 0 radical (unpaired) electrons. The standard InChI is InChI=1S/C21H22N2O8S/c24-21(15-5-4-6-19(11-15)32(27,28)22-7-2-1-3-8-22)30-13-17-10-18(23(25)26)9-16-12-29-14-31-20(16)17/h4-6,9-11H,1-3,7-8,12-14H2. The number of carbonyl (C=O) groups is 1. The summed E-state index contributed by atoms with van der Waals surface area (Å²) in [6.45, 7) is 0.777. The highest BCUT2D eigenvalue weighted by atomic mass is 32.2. The quantitative estimate of drug-likeness (QED) is 0.364. The number of hydrogen-bond donors (Lipinski definition) is 0. The first kappa shape index (κ1) is 22.2. The maximum Gasteiger partial charge on any atom is 0.338 e. The van der Waals surface area contributed by atoms with Gasteiger partial charge < -0.3 is 14.2 Å². The lowest BCUT2D eigenvalue weighted by Gasteiger charge is -2.26. The fraction of sp³-hybridized carbons (Fsp3) is 0.381. The molecule has 4 rings (SSSR count). The van der Waals surface area contributed by atoms with Crippen molar-refractivity contribution in [2.75, 3.05) is 19.9 Å². The number of hydrogen-bond acceptors (Lipinski definition) is 8. The van der Waals surface area contributed by atoms with Crippen LogP contribution < -0.4 is 4.74 Å². The third kappa shape index (κ3) is 4.59. The minimum atomic E-state index is -3.70. The number of esters is 1. The molecule has 2 aliphatic rings. The Labute approximate surface area is 184 Å². The van der Waals surface area contributed by atoms with E-state index in [1.165, 1.54) is 40.7 Å². The SMILES string of the molecule is O=C(OCc1cc([N+](=O)[O-])cc2c1OCOC2)c1cccc(S(=O)(=O)N2CCCCC2)c1. The van der Waals surface area contributed by atoms with Gasteiger partial charge in [-0.25, -0.2) is 13.2 Å². The Kier molecular flexibility index (Phi) is 6.40. The van der Waals surface area contributed by atoms with Crippen LogP contribution in [0.4, 0.5) is 5.69 Å². The van der Waals surface area contributed by atoms with Gasteiger partial charge in [-0.2, -0.15) is 4.31 Å². The van der Waals surface area contributed by atoms with E-state index in [1.807, 2.05) is 0 Å². The lowest BCUT2D eigenvalue weighted by atomic mass is 10.1. The van der Waals surface area contributed by atoms with Gasteiger partial charge >= 0.3 is 5.97 Å². The van der Waals surface area contributed by atoms with Gasteiger partial charge in [0.1, 0.15) is 12.4 Å². The van der Waals surface area contributed by atoms with E-state index in [2.05, 4.69) is 0 Å². The number of fused-ring (bicyclic) bond motifs is 1. The van der Waals surface area contributed by atoms with Gasteiger partial charge in [0.2, 0.25) is 10.0 Å². The Bertz CT molecular complexity index is 1140. The number of ether oxygens (including phenoxy) is 3. The average Bonchev–Trinajstić information content (AvgIpc) is 2.82. The van der Waals surface area contributed by atoms with Crippen LogP contribution in [0.15, 0.2) is 41.3 Å². The minimum absolute atomic E-state index is 0.0117. The second-order valence-electron chi connectivity index (χ2n) is 7.53. The van der Waals surface area contributed by atoms with Gasteiger partial charge in [-0.05, 0) is 31.0 Å². The Morgan fingerprint density at radius 2 is 1.94 bits per heavy atom. The fourth-order valence-corrected chi connectivity index (χ4v) is 5.32. The molecule has 0 spiro atoms. The van der Waals surface area contributed by atoms with Crippen molar-refractivity contribution in [3.05, 3.63) is 63.2 Å². The third-order valence-corrected chi connectivity index (χ3v) is 7.26. The number of nitro groups is 1. The lowest BCUT2D eigenvalue weighted by Crippen LogP contribution is -2.35. The molecule has 0 aromatic heterocycles. The number of nitro benzene ring substituents is 1. The number of rotatable bonds is 6. The number of carbonyl (C=O) groups excluding carboxylic acids is 1. The van der Waals surface area contributed by atoms with E-state index < -0.39 is 20.9 Å². The monoisotopic (exact) mass is 462 g/mol. The molecule has 0 saturated carbocycles. The summed E-state index contributed by atoms with van der Waals surface area (Å²) in [5, 5.41) is 11.2. The molecule has 0 N–H and O–H groups in total. The normalized spacial score (nSPS) is 16.6. The lowest BCUT2D eigenvalue weighted by molar-refractivity contribution is -0.385. The maximum atomic E-state index is 12.9. The second-order valence-corrected chi connectivity index (χ2v) is 9.47. The van der Waals surface area contributed by atoms with Crippen molar-refractivity contribution in [1.82, 2.24) is 4.31 Å². The molecule has 2 aromatic rings. The number of sulfonamides is 1. The molecule has 0 unspecified atom stereocenters. The zero-order chi connectivity index (χ0) is 22.7. The zero-order valence-corrected chi connectivity index (χ0v) is 18.0. The first-order chi connectivity index (χ1) is 15.4. The molecule has 2 heterocycles. The molecule has 0 bridgehead atoms. The van der Waals surface area contributed by atoms with Gasteiger partial charge in [0.25, 0.3) is 5.69 Å². The van der Waals surface area contributed by atoms with Crippen LogP contribution in [-0.2, 0) is 32.7 Å². The van der Waals surface area contributed by atoms with E-state index in [4.69, 9.17) is 14.2 Å². The maximum absolute atomic E-state index is 12.9. The molecule has 0 amide bonds. The molecule has 32 heavy (non-hydrogen) atoms. The molecule has 2 aromatic carbocycles. The summed E-state index contributed by atoms with van der Waals surface area (Å²) in [6, 6.07) is 8.34. The van der Waals surface area contributed by atoms with Gasteiger partial charge in [0.15, 0.2) is 6.79 Å². The van der Waals surface area contributed by atoms with Crippen molar-refractivity contribution in [3.8, 4) is 5.75 Å². The van der Waals surface area contributed by atoms with Gasteiger partial charge in [-0.3, -0.25) is 10.1 Å². The van der Waals surface area contributed by atoms with E-state index in [0.29, 0.717) is 30.0 Å². The number of non-ortho nitro benzene ring substituents is 1. The van der Waals surface area contributed by atoms with Crippen LogP contribution in [0.3, 0.4) is 0 Å². The molecule has 2 aliphatic heterocycles. The predicted octanol–water partition coefficient (Wildman–Crippen LogP) is 2.99. The molecule has 0 atom stereocenters. The molecule has 10 nitrogen and oxygen atoms in total. The highest BCUT2D eigenvalue weighted by molar-refractivity contribution is 7.89. The van der Waals surface area contributed by atoms with Crippen LogP contribution in [-0.4, -0.2) is 43.5 Å². The minimum Gasteiger partial charge on any atom is -0.467 e. The van der Waals surface area contributed by atoms with E-state index >= 15 is 0 Å². The molecule has 170 valence electrons. The number of piperidine rings is 1. The first-order valence-electron chi connectivity index (χ1n) is 10.1. The first-order valence-corrected chi connectivity index (χ1v) is 11.6. The van der Waals surface area contributed by atoms with Crippen LogP contribution in [0.1, 0.15) is 40.7 Å². The highest BCUT2D eigenvalue weighted by Crippen LogP contribution is 2.33. The predicted molar refractivity (Wildman–Crippen MR) is 112 cm³/mol. The summed E-state index contributed by atoms with van der Waals surface area (Å²) in [7, 11) is -3.70. The largest absolute Gasteiger partial charge is 0.467 e. The molecule has 1 fully saturated rings. The summed E-state index contributed by atoms with van der Waals surface area (Å²) in [5.41, 5.74) is 0.735. The zero-order valence-electron chi connectivity index (χ0n) is 17.2. The third-order valence-electron chi connectivity index (χ3n) is 5.36. The number of nitrogens with zero attached hydrogens (tertiary/aromatic N) is 2. The van der Waals surface area contributed by atoms with Crippen LogP contribution in [0.2, 0.25) is 0 Å². The highest BCUT2D eigenvalue weighted by Gasteiger charge is 2.27. The van der Waals surface area contributed by atoms with E-state index in [-0.39, 0.29) is 36.2 Å². The Morgan fingerprint density at radius 1 is 1.16 bits per heavy atom. The molecular formula is C21H22N2O8S. The molecule has 0 aliphatic carbocycles. The van der Waals surface area contributed by atoms with Gasteiger partial charge in [0.05, 0.1) is 22.0 Å². The van der Waals surface area contributed by atoms with Crippen LogP contribution in [0, 0.1) is 10.1 Å². The topological polar surface area (TPSA) is 125 Å². The van der Waals surface area contributed by atoms with Crippen molar-refractivity contribution < 1.29 is 32.3 Å². The summed E-state index contributed by atoms with van der Waals surface area (Å²) < 4.78 is 43.1. The van der Waals surface area contributed by atoms with Crippen molar-refractivity contribution in [1.29, 1.82) is 0 Å². The smallest absolute Gasteiger partial charge is 0.338 e. The van der Waals surface area contributed by atoms with E-state index in [1.54, 1.807) is 0 Å². The van der Waals surface area contributed by atoms with Gasteiger partial charge in [-0.1, -0.05) is 12.5 Å². The van der Waals surface area contributed by atoms with Crippen molar-refractivity contribution in [3.63, 3.8) is 0 Å². The van der Waals surface area contributed by atoms with E-state index in [9.17, 15) is 23.3 Å². The van der Waals surface area contributed by atoms with Crippen molar-refractivity contribution in [2.24, 2.45) is 0 Å². The van der Waals surface area contributed by atoms with Gasteiger partial charge in [0, 0.05) is 36.3 Å². The summed E-state index contributed by atoms with van der Waals surface area (Å²) in [6.07, 6.45) is 2.61. The Balaban J connectivity index is 1.52. The summed E-state index contributed by atoms with van der Waals surface area (Å²) in [5.74, 6) is -0.357. The van der Waals surface area contributed by atoms with Crippen LogP contribution in [0.25, 0.3) is 0 Å². The van der Waals surface area contributed by atoms with Crippen LogP contribution >= 0.6 is 0 Å². The van der Waals surface area contributed by atoms with E-state index in [0.717, 1.165) is 19.3 Å². The number of benzene rings is 2.